The molecule has 0 saturated heterocycles. The Balaban J connectivity index is 1.53. The molecule has 4 rings (SSSR count). The number of carboxylic acids is 1. The van der Waals surface area contributed by atoms with Gasteiger partial charge in [0, 0.05) is 41.6 Å². The van der Waals surface area contributed by atoms with Gasteiger partial charge in [0.2, 0.25) is 17.2 Å². The highest BCUT2D eigenvalue weighted by Crippen LogP contribution is 2.53. The zero-order chi connectivity index (χ0) is 26.9. The molecule has 1 amide bonds. The van der Waals surface area contributed by atoms with Crippen molar-refractivity contribution in [2.45, 2.75) is 25.4 Å². The number of benzene rings is 2. The largest absolute Gasteiger partial charge is 0.496 e. The summed E-state index contributed by atoms with van der Waals surface area (Å²) in [6.07, 6.45) is 1.49. The van der Waals surface area contributed by atoms with Gasteiger partial charge >= 0.3 is 5.97 Å². The molecule has 1 aliphatic carbocycles. The third kappa shape index (κ3) is 4.60. The fourth-order valence-electron chi connectivity index (χ4n) is 4.49. The minimum Gasteiger partial charge on any atom is -0.496 e. The summed E-state index contributed by atoms with van der Waals surface area (Å²) in [7, 11) is 2.83. The molecule has 0 bridgehead atoms. The molecule has 0 fully saturated rings. The number of amides is 1. The number of hydrogen-bond acceptors (Lipinski definition) is 8. The lowest BCUT2D eigenvalue weighted by Gasteiger charge is -2.35. The van der Waals surface area contributed by atoms with Gasteiger partial charge in [-0.15, -0.1) is 0 Å². The van der Waals surface area contributed by atoms with E-state index in [0.29, 0.717) is 23.4 Å². The highest BCUT2D eigenvalue weighted by Gasteiger charge is 2.60. The monoisotopic (exact) mass is 528 g/mol. The van der Waals surface area contributed by atoms with Crippen LogP contribution in [0.3, 0.4) is 0 Å². The Morgan fingerprint density at radius 2 is 1.84 bits per heavy atom. The molecule has 194 valence electrons. The summed E-state index contributed by atoms with van der Waals surface area (Å²) in [5.74, 6) is -2.45. The van der Waals surface area contributed by atoms with Crippen LogP contribution in [0.5, 0.6) is 17.2 Å². The average Bonchev–Trinajstić information content (AvgIpc) is 3.18. The van der Waals surface area contributed by atoms with E-state index in [2.05, 4.69) is 10.6 Å². The smallest absolute Gasteiger partial charge is 0.305 e. The predicted molar refractivity (Wildman–Crippen MR) is 134 cm³/mol. The summed E-state index contributed by atoms with van der Waals surface area (Å²) in [6, 6.07) is 7.97. The Bertz CT molecular complexity index is 1320. The average molecular weight is 529 g/mol. The second-order valence-electron chi connectivity index (χ2n) is 8.71. The Kier molecular flexibility index (Phi) is 7.13. The quantitative estimate of drug-likeness (QED) is 0.439. The number of aliphatic carboxylic acids is 1. The number of nitrogens with one attached hydrogen (secondary N) is 2. The first-order valence-corrected chi connectivity index (χ1v) is 11.8. The minimum atomic E-state index is -1.77. The summed E-state index contributed by atoms with van der Waals surface area (Å²) >= 11 is 6.41. The second-order valence-corrected chi connectivity index (χ2v) is 9.08. The molecule has 3 N–H and O–H groups in total. The molecule has 2 aliphatic rings. The van der Waals surface area contributed by atoms with Gasteiger partial charge in [0.25, 0.3) is 5.91 Å². The van der Waals surface area contributed by atoms with Crippen LogP contribution in [0.15, 0.2) is 42.1 Å². The zero-order valence-corrected chi connectivity index (χ0v) is 21.1. The maximum atomic E-state index is 13.6. The third-order valence-corrected chi connectivity index (χ3v) is 6.74. The summed E-state index contributed by atoms with van der Waals surface area (Å²) < 4.78 is 16.6. The van der Waals surface area contributed by atoms with Crippen LogP contribution in [0.25, 0.3) is 0 Å². The highest BCUT2D eigenvalue weighted by molar-refractivity contribution is 6.36. The zero-order valence-electron chi connectivity index (χ0n) is 20.3. The van der Waals surface area contributed by atoms with Crippen LogP contribution >= 0.6 is 11.6 Å². The Labute approximate surface area is 217 Å². The fraction of sp³-hybridized carbons (Fsp3) is 0.308. The van der Waals surface area contributed by atoms with Crippen LogP contribution in [-0.4, -0.2) is 54.9 Å². The number of Topliss-reactive ketones (excluding diaryl/α,β-unsaturated/α-hetero) is 1. The van der Waals surface area contributed by atoms with Crippen molar-refractivity contribution in [3.05, 3.63) is 58.3 Å². The predicted octanol–water partition coefficient (Wildman–Crippen LogP) is 3.48. The maximum absolute atomic E-state index is 13.6. The molecule has 0 radical (unpaired) electrons. The van der Waals surface area contributed by atoms with Gasteiger partial charge in [0.05, 0.1) is 20.6 Å². The van der Waals surface area contributed by atoms with E-state index in [-0.39, 0.29) is 40.8 Å². The number of allylic oxidation sites excluding steroid dienone is 1. The van der Waals surface area contributed by atoms with Gasteiger partial charge in [0.1, 0.15) is 22.1 Å². The number of halogens is 1. The van der Waals surface area contributed by atoms with Crippen LogP contribution in [0, 0.1) is 5.92 Å². The molecular weight excluding hydrogens is 504 g/mol. The first kappa shape index (κ1) is 26.0. The number of hydrogen-bond donors (Lipinski definition) is 3. The van der Waals surface area contributed by atoms with Gasteiger partial charge in [-0.3, -0.25) is 19.2 Å². The van der Waals surface area contributed by atoms with Crippen LogP contribution < -0.4 is 24.8 Å². The van der Waals surface area contributed by atoms with Gasteiger partial charge in [-0.25, -0.2) is 0 Å². The van der Waals surface area contributed by atoms with Gasteiger partial charge in [0.15, 0.2) is 5.75 Å². The second kappa shape index (κ2) is 10.1. The molecular formula is C26H25ClN2O8. The molecule has 2 aromatic rings. The van der Waals surface area contributed by atoms with Crippen LogP contribution in [0.2, 0.25) is 5.02 Å². The van der Waals surface area contributed by atoms with Crippen molar-refractivity contribution in [1.29, 1.82) is 0 Å². The molecule has 10 nitrogen and oxygen atoms in total. The van der Waals surface area contributed by atoms with Gasteiger partial charge in [-0.1, -0.05) is 18.5 Å². The third-order valence-electron chi connectivity index (χ3n) is 6.39. The van der Waals surface area contributed by atoms with Crippen LogP contribution in [0.4, 0.5) is 5.69 Å². The summed E-state index contributed by atoms with van der Waals surface area (Å²) in [5.41, 5.74) is -0.101. The van der Waals surface area contributed by atoms with Crippen molar-refractivity contribution in [1.82, 2.24) is 5.32 Å². The Morgan fingerprint density at radius 3 is 2.43 bits per heavy atom. The van der Waals surface area contributed by atoms with E-state index in [0.717, 1.165) is 0 Å². The number of rotatable bonds is 8. The summed E-state index contributed by atoms with van der Waals surface area (Å²) in [4.78, 5) is 49.7. The van der Waals surface area contributed by atoms with Crippen LogP contribution in [0.1, 0.15) is 40.5 Å². The molecule has 1 heterocycles. The molecule has 2 atom stereocenters. The Hall–Kier alpha value is -4.05. The number of methoxy groups -OCH3 is 2. The van der Waals surface area contributed by atoms with Gasteiger partial charge in [-0.05, 0) is 30.7 Å². The molecule has 1 spiro atoms. The van der Waals surface area contributed by atoms with Gasteiger partial charge < -0.3 is 30.0 Å². The molecule has 37 heavy (non-hydrogen) atoms. The number of carbonyl (C=O) groups is 4. The topological polar surface area (TPSA) is 140 Å². The number of fused-ring (bicyclic) bond motifs is 1. The van der Waals surface area contributed by atoms with E-state index in [1.807, 2.05) is 0 Å². The first-order chi connectivity index (χ1) is 17.6. The normalized spacial score (nSPS) is 20.1. The van der Waals surface area contributed by atoms with Crippen molar-refractivity contribution >= 4 is 40.7 Å². The van der Waals surface area contributed by atoms with Crippen molar-refractivity contribution in [2.24, 2.45) is 5.92 Å². The summed E-state index contributed by atoms with van der Waals surface area (Å²) in [6.45, 7) is 1.77. The number of anilines is 1. The molecule has 0 saturated carbocycles. The lowest BCUT2D eigenvalue weighted by molar-refractivity contribution is -0.136. The number of ether oxygens (including phenoxy) is 3. The number of carboxylic acid groups (broad SMARTS) is 1. The Morgan fingerprint density at radius 1 is 1.16 bits per heavy atom. The molecule has 1 aliphatic heterocycles. The van der Waals surface area contributed by atoms with E-state index in [1.165, 1.54) is 26.4 Å². The number of carbonyl (C=O) groups excluding carboxylic acids is 3. The summed E-state index contributed by atoms with van der Waals surface area (Å²) in [5, 5.41) is 14.5. The van der Waals surface area contributed by atoms with Gasteiger partial charge in [-0.2, -0.15) is 0 Å². The molecule has 11 heteroatoms. The van der Waals surface area contributed by atoms with Crippen molar-refractivity contribution in [3.8, 4) is 17.2 Å². The fourth-order valence-corrected chi connectivity index (χ4v) is 4.76. The van der Waals surface area contributed by atoms with E-state index in [9.17, 15) is 19.2 Å². The van der Waals surface area contributed by atoms with Crippen molar-refractivity contribution in [3.63, 3.8) is 0 Å². The van der Waals surface area contributed by atoms with E-state index < -0.39 is 35.0 Å². The molecule has 2 unspecified atom stereocenters. The van der Waals surface area contributed by atoms with Crippen molar-refractivity contribution in [2.75, 3.05) is 26.1 Å². The minimum absolute atomic E-state index is 0.0251. The molecule has 2 aromatic carbocycles. The SMILES string of the molecule is COc1cc(OC)c2c(c1Cl)OC1(C(=O)C=C(Nc3ccc(C(=O)NCCC(=O)O)cc3)CC1C)C2=O. The lowest BCUT2D eigenvalue weighted by Crippen LogP contribution is -2.55. The maximum Gasteiger partial charge on any atom is 0.305 e. The van der Waals surface area contributed by atoms with Crippen LogP contribution in [-0.2, 0) is 9.59 Å². The van der Waals surface area contributed by atoms with E-state index >= 15 is 0 Å². The van der Waals surface area contributed by atoms with E-state index in [1.54, 1.807) is 31.2 Å². The standard InChI is InChI=1S/C26H25ClN2O8/c1-13-10-16(29-15-6-4-14(5-7-15)25(34)28-9-8-20(31)32)11-19(30)26(13)24(33)21-17(35-2)12-18(36-3)22(27)23(21)37-26/h4-7,11-13,29H,8-10H2,1-3H3,(H,28,34)(H,31,32). The van der Waals surface area contributed by atoms with Crippen molar-refractivity contribution < 1.29 is 38.5 Å². The number of ketones is 2. The highest BCUT2D eigenvalue weighted by atomic mass is 35.5. The lowest BCUT2D eigenvalue weighted by atomic mass is 9.74. The van der Waals surface area contributed by atoms with E-state index in [4.69, 9.17) is 30.9 Å². The first-order valence-electron chi connectivity index (χ1n) is 11.4. The molecule has 0 aromatic heterocycles.